The molecule has 1 saturated carbocycles. The van der Waals surface area contributed by atoms with E-state index in [1.54, 1.807) is 11.3 Å². The maximum absolute atomic E-state index is 4.16. The van der Waals surface area contributed by atoms with Crippen molar-refractivity contribution in [3.05, 3.63) is 16.6 Å². The van der Waals surface area contributed by atoms with Crippen LogP contribution in [0, 0.1) is 5.92 Å². The number of rotatable bonds is 4. The van der Waals surface area contributed by atoms with E-state index in [1.807, 2.05) is 11.7 Å². The van der Waals surface area contributed by atoms with Gasteiger partial charge in [-0.15, -0.1) is 11.3 Å². The van der Waals surface area contributed by atoms with Gasteiger partial charge in [-0.3, -0.25) is 4.98 Å². The molecular weight excluding hydrogens is 204 g/mol. The molecule has 2 nitrogen and oxygen atoms in total. The number of nitrogens with zero attached hydrogens (tertiary/aromatic N) is 1. The third kappa shape index (κ3) is 3.02. The Morgan fingerprint density at radius 2 is 2.27 bits per heavy atom. The first kappa shape index (κ1) is 11.1. The van der Waals surface area contributed by atoms with Gasteiger partial charge in [0, 0.05) is 17.1 Å². The molecule has 1 aliphatic rings. The maximum atomic E-state index is 4.16. The lowest BCUT2D eigenvalue weighted by molar-refractivity contribution is 0.307. The fraction of sp³-hybridized carbons (Fsp3) is 0.750. The summed E-state index contributed by atoms with van der Waals surface area (Å²) in [7, 11) is 2.06. The van der Waals surface area contributed by atoms with Crippen molar-refractivity contribution >= 4 is 11.3 Å². The topological polar surface area (TPSA) is 24.9 Å². The third-order valence-electron chi connectivity index (χ3n) is 3.44. The molecule has 0 aliphatic heterocycles. The molecule has 15 heavy (non-hydrogen) atoms. The molecule has 2 rings (SSSR count). The minimum atomic E-state index is 0.528. The summed E-state index contributed by atoms with van der Waals surface area (Å²) >= 11 is 1.77. The Bertz CT molecular complexity index is 265. The Morgan fingerprint density at radius 1 is 1.47 bits per heavy atom. The highest BCUT2D eigenvalue weighted by molar-refractivity contribution is 7.09. The Labute approximate surface area is 96.1 Å². The van der Waals surface area contributed by atoms with Crippen LogP contribution in [0.5, 0.6) is 0 Å². The third-order valence-corrected chi connectivity index (χ3v) is 4.33. The zero-order chi connectivity index (χ0) is 10.5. The first-order chi connectivity index (χ1) is 7.40. The number of aromatic nitrogens is 1. The number of nitrogens with one attached hydrogen (secondary N) is 1. The SMILES string of the molecule is CNC(CC1CCCCC1)c1cncs1. The van der Waals surface area contributed by atoms with E-state index in [0.717, 1.165) is 5.92 Å². The second-order valence-corrected chi connectivity index (χ2v) is 5.40. The van der Waals surface area contributed by atoms with Gasteiger partial charge in [-0.2, -0.15) is 0 Å². The van der Waals surface area contributed by atoms with Crippen molar-refractivity contribution in [3.8, 4) is 0 Å². The van der Waals surface area contributed by atoms with Crippen LogP contribution >= 0.6 is 11.3 Å². The first-order valence-electron chi connectivity index (χ1n) is 5.96. The van der Waals surface area contributed by atoms with E-state index in [1.165, 1.54) is 43.4 Å². The molecular formula is C12H20N2S. The highest BCUT2D eigenvalue weighted by Gasteiger charge is 2.19. The van der Waals surface area contributed by atoms with Gasteiger partial charge in [0.05, 0.1) is 5.51 Å². The van der Waals surface area contributed by atoms with Gasteiger partial charge < -0.3 is 5.32 Å². The normalized spacial score (nSPS) is 20.3. The summed E-state index contributed by atoms with van der Waals surface area (Å²) in [4.78, 5) is 5.55. The second-order valence-electron chi connectivity index (χ2n) is 4.48. The molecule has 0 aromatic carbocycles. The van der Waals surface area contributed by atoms with Gasteiger partial charge in [0.1, 0.15) is 0 Å². The summed E-state index contributed by atoms with van der Waals surface area (Å²) in [6, 6.07) is 0.528. The first-order valence-corrected chi connectivity index (χ1v) is 6.83. The molecule has 1 heterocycles. The van der Waals surface area contributed by atoms with E-state index in [4.69, 9.17) is 0 Å². The monoisotopic (exact) mass is 224 g/mol. The van der Waals surface area contributed by atoms with Gasteiger partial charge in [0.15, 0.2) is 0 Å². The van der Waals surface area contributed by atoms with Crippen LogP contribution in [-0.2, 0) is 0 Å². The van der Waals surface area contributed by atoms with Crippen LogP contribution in [0.1, 0.15) is 49.4 Å². The average Bonchev–Trinajstić information content (AvgIpc) is 2.81. The maximum Gasteiger partial charge on any atom is 0.0794 e. The van der Waals surface area contributed by atoms with E-state index < -0.39 is 0 Å². The fourth-order valence-corrected chi connectivity index (χ4v) is 3.27. The van der Waals surface area contributed by atoms with Crippen LogP contribution in [0.15, 0.2) is 11.7 Å². The molecule has 1 unspecified atom stereocenters. The molecule has 3 heteroatoms. The van der Waals surface area contributed by atoms with Gasteiger partial charge in [-0.1, -0.05) is 32.1 Å². The summed E-state index contributed by atoms with van der Waals surface area (Å²) in [6.07, 6.45) is 10.5. The standard InChI is InChI=1S/C12H20N2S/c1-13-11(12-8-14-9-15-12)7-10-5-3-2-4-6-10/h8-11,13H,2-7H2,1H3. The van der Waals surface area contributed by atoms with Crippen molar-refractivity contribution in [1.82, 2.24) is 10.3 Å². The van der Waals surface area contributed by atoms with Crippen molar-refractivity contribution < 1.29 is 0 Å². The van der Waals surface area contributed by atoms with Crippen molar-refractivity contribution in [2.45, 2.75) is 44.6 Å². The summed E-state index contributed by atoms with van der Waals surface area (Å²) < 4.78 is 0. The van der Waals surface area contributed by atoms with E-state index in [2.05, 4.69) is 17.3 Å². The average molecular weight is 224 g/mol. The molecule has 0 amide bonds. The Balaban J connectivity index is 1.90. The number of thiazole rings is 1. The fourth-order valence-electron chi connectivity index (χ4n) is 2.53. The van der Waals surface area contributed by atoms with E-state index in [-0.39, 0.29) is 0 Å². The van der Waals surface area contributed by atoms with Gasteiger partial charge in [0.25, 0.3) is 0 Å². The summed E-state index contributed by atoms with van der Waals surface area (Å²) in [5, 5.41) is 3.42. The largest absolute Gasteiger partial charge is 0.312 e. The van der Waals surface area contributed by atoms with E-state index >= 15 is 0 Å². The lowest BCUT2D eigenvalue weighted by Crippen LogP contribution is -2.20. The smallest absolute Gasteiger partial charge is 0.0794 e. The van der Waals surface area contributed by atoms with Crippen LogP contribution in [0.3, 0.4) is 0 Å². The highest BCUT2D eigenvalue weighted by atomic mass is 32.1. The zero-order valence-corrected chi connectivity index (χ0v) is 10.2. The highest BCUT2D eigenvalue weighted by Crippen LogP contribution is 2.32. The van der Waals surface area contributed by atoms with Gasteiger partial charge in [-0.25, -0.2) is 0 Å². The molecule has 1 N–H and O–H groups in total. The Kier molecular flexibility index (Phi) is 4.15. The minimum absolute atomic E-state index is 0.528. The van der Waals surface area contributed by atoms with Gasteiger partial charge in [-0.05, 0) is 19.4 Å². The zero-order valence-electron chi connectivity index (χ0n) is 9.41. The quantitative estimate of drug-likeness (QED) is 0.848. The summed E-state index contributed by atoms with van der Waals surface area (Å²) in [6.45, 7) is 0. The molecule has 1 fully saturated rings. The van der Waals surface area contributed by atoms with Gasteiger partial charge >= 0.3 is 0 Å². The van der Waals surface area contributed by atoms with Gasteiger partial charge in [0.2, 0.25) is 0 Å². The molecule has 1 atom stereocenters. The molecule has 0 bridgehead atoms. The van der Waals surface area contributed by atoms with Crippen LogP contribution < -0.4 is 5.32 Å². The predicted octanol–water partition coefficient (Wildman–Crippen LogP) is 3.37. The number of hydrogen-bond acceptors (Lipinski definition) is 3. The molecule has 0 saturated heterocycles. The van der Waals surface area contributed by atoms with E-state index in [9.17, 15) is 0 Å². The Hall–Kier alpha value is -0.410. The van der Waals surface area contributed by atoms with E-state index in [0.29, 0.717) is 6.04 Å². The van der Waals surface area contributed by atoms with Crippen molar-refractivity contribution in [2.75, 3.05) is 7.05 Å². The van der Waals surface area contributed by atoms with Crippen LogP contribution in [0.2, 0.25) is 0 Å². The summed E-state index contributed by atoms with van der Waals surface area (Å²) in [5.41, 5.74) is 1.93. The van der Waals surface area contributed by atoms with Crippen molar-refractivity contribution in [3.63, 3.8) is 0 Å². The minimum Gasteiger partial charge on any atom is -0.312 e. The second kappa shape index (κ2) is 5.61. The van der Waals surface area contributed by atoms with Crippen molar-refractivity contribution in [1.29, 1.82) is 0 Å². The molecule has 84 valence electrons. The molecule has 0 radical (unpaired) electrons. The number of hydrogen-bond donors (Lipinski definition) is 1. The molecule has 0 spiro atoms. The Morgan fingerprint density at radius 3 is 2.87 bits per heavy atom. The predicted molar refractivity (Wildman–Crippen MR) is 65.1 cm³/mol. The van der Waals surface area contributed by atoms with Crippen LogP contribution in [0.25, 0.3) is 0 Å². The lowest BCUT2D eigenvalue weighted by Gasteiger charge is -2.25. The van der Waals surface area contributed by atoms with Crippen LogP contribution in [0.4, 0.5) is 0 Å². The molecule has 1 aliphatic carbocycles. The molecule has 1 aromatic rings. The summed E-state index contributed by atoms with van der Waals surface area (Å²) in [5.74, 6) is 0.929. The lowest BCUT2D eigenvalue weighted by atomic mass is 9.84. The molecule has 1 aromatic heterocycles. The van der Waals surface area contributed by atoms with Crippen molar-refractivity contribution in [2.24, 2.45) is 5.92 Å². The van der Waals surface area contributed by atoms with Crippen LogP contribution in [-0.4, -0.2) is 12.0 Å².